The lowest BCUT2D eigenvalue weighted by atomic mass is 9.99. The van der Waals surface area contributed by atoms with Crippen molar-refractivity contribution in [3.05, 3.63) is 17.2 Å². The van der Waals surface area contributed by atoms with Crippen LogP contribution in [0.4, 0.5) is 0 Å². The molecule has 26 heavy (non-hydrogen) atoms. The van der Waals surface area contributed by atoms with Crippen LogP contribution in [0.25, 0.3) is 0 Å². The molecule has 6 heteroatoms. The Morgan fingerprint density at radius 1 is 1.23 bits per heavy atom. The first-order valence-corrected chi connectivity index (χ1v) is 10.2. The summed E-state index contributed by atoms with van der Waals surface area (Å²) in [5.41, 5.74) is 1.48. The summed E-state index contributed by atoms with van der Waals surface area (Å²) in [6, 6.07) is 0. The first kappa shape index (κ1) is 18.9. The van der Waals surface area contributed by atoms with Gasteiger partial charge in [-0.2, -0.15) is 0 Å². The number of carbonyl (C=O) groups is 2. The molecule has 3 heterocycles. The number of piperidine rings is 1. The van der Waals surface area contributed by atoms with Crippen LogP contribution in [0.1, 0.15) is 79.2 Å². The van der Waals surface area contributed by atoms with E-state index in [4.69, 9.17) is 0 Å². The number of carbonyl (C=O) groups excluding carboxylic acids is 2. The number of likely N-dealkylation sites (tertiary alicyclic amines) is 1. The molecule has 0 N–H and O–H groups in total. The molecule has 1 atom stereocenters. The highest BCUT2D eigenvalue weighted by Gasteiger charge is 2.32. The fourth-order valence-electron chi connectivity index (χ4n) is 4.07. The Balaban J connectivity index is 1.88. The Kier molecular flexibility index (Phi) is 5.99. The smallest absolute Gasteiger partial charge is 0.289 e. The van der Waals surface area contributed by atoms with E-state index in [9.17, 15) is 9.59 Å². The summed E-state index contributed by atoms with van der Waals surface area (Å²) in [6.07, 6.45) is 7.19. The number of hydrogen-bond donors (Lipinski definition) is 0. The van der Waals surface area contributed by atoms with Gasteiger partial charge >= 0.3 is 0 Å². The number of hydrogen-bond acceptors (Lipinski definition) is 3. The van der Waals surface area contributed by atoms with E-state index in [1.54, 1.807) is 4.90 Å². The Morgan fingerprint density at radius 3 is 2.77 bits per heavy atom. The van der Waals surface area contributed by atoms with E-state index in [1.165, 1.54) is 6.42 Å². The summed E-state index contributed by atoms with van der Waals surface area (Å²) in [4.78, 5) is 34.3. The maximum Gasteiger partial charge on any atom is 0.289 e. The molecule has 0 aromatic carbocycles. The third-order valence-corrected chi connectivity index (χ3v) is 5.65. The second-order valence-corrected chi connectivity index (χ2v) is 7.92. The summed E-state index contributed by atoms with van der Waals surface area (Å²) < 4.78 is 2.01. The molecule has 0 aliphatic carbocycles. The Hall–Kier alpha value is -1.85. The molecule has 6 nitrogen and oxygen atoms in total. The average Bonchev–Trinajstić information content (AvgIpc) is 3.04. The summed E-state index contributed by atoms with van der Waals surface area (Å²) in [5, 5.41) is 0. The van der Waals surface area contributed by atoms with Gasteiger partial charge in [0, 0.05) is 33.2 Å². The van der Waals surface area contributed by atoms with Gasteiger partial charge in [-0.25, -0.2) is 4.98 Å². The molecule has 2 aliphatic heterocycles. The van der Waals surface area contributed by atoms with Crippen LogP contribution in [-0.2, 0) is 13.0 Å². The van der Waals surface area contributed by atoms with Crippen LogP contribution < -0.4 is 0 Å². The minimum Gasteiger partial charge on any atom is -0.339 e. The zero-order valence-corrected chi connectivity index (χ0v) is 16.5. The first-order valence-electron chi connectivity index (χ1n) is 10.2. The van der Waals surface area contributed by atoms with Gasteiger partial charge in [-0.3, -0.25) is 9.59 Å². The predicted octanol–water partition coefficient (Wildman–Crippen LogP) is 2.96. The van der Waals surface area contributed by atoms with Gasteiger partial charge in [0.25, 0.3) is 11.8 Å². The predicted molar refractivity (Wildman–Crippen MR) is 101 cm³/mol. The number of amides is 2. The van der Waals surface area contributed by atoms with E-state index in [1.807, 2.05) is 16.5 Å². The molecular formula is C20H32N4O2. The van der Waals surface area contributed by atoms with Crippen molar-refractivity contribution in [2.45, 2.75) is 65.3 Å². The molecule has 0 spiro atoms. The van der Waals surface area contributed by atoms with Crippen molar-refractivity contribution in [3.63, 3.8) is 0 Å². The van der Waals surface area contributed by atoms with Crippen molar-refractivity contribution in [2.75, 3.05) is 26.7 Å². The molecule has 0 bridgehead atoms. The fourth-order valence-corrected chi connectivity index (χ4v) is 4.07. The van der Waals surface area contributed by atoms with E-state index >= 15 is 0 Å². The Bertz CT molecular complexity index is 667. The maximum absolute atomic E-state index is 13.1. The van der Waals surface area contributed by atoms with Crippen LogP contribution in [0.3, 0.4) is 0 Å². The zero-order valence-electron chi connectivity index (χ0n) is 16.5. The summed E-state index contributed by atoms with van der Waals surface area (Å²) in [7, 11) is 1.83. The van der Waals surface area contributed by atoms with Gasteiger partial charge in [-0.05, 0) is 44.4 Å². The van der Waals surface area contributed by atoms with E-state index in [0.717, 1.165) is 70.4 Å². The van der Waals surface area contributed by atoms with Crippen LogP contribution >= 0.6 is 0 Å². The monoisotopic (exact) mass is 360 g/mol. The molecule has 1 aromatic rings. The third kappa shape index (κ3) is 3.79. The highest BCUT2D eigenvalue weighted by atomic mass is 16.2. The standard InChI is InChI=1S/C20H32N4O2/c1-4-5-11-22(3)20(26)18-21-17(16-10-6-7-13-24(16)18)19(25)23-12-8-9-15(2)14-23/h15H,4-14H2,1-3H3. The maximum atomic E-state index is 13.1. The van der Waals surface area contributed by atoms with Gasteiger partial charge in [0.05, 0.1) is 5.69 Å². The van der Waals surface area contributed by atoms with Gasteiger partial charge in [0.1, 0.15) is 5.69 Å². The van der Waals surface area contributed by atoms with E-state index in [-0.39, 0.29) is 11.8 Å². The highest BCUT2D eigenvalue weighted by Crippen LogP contribution is 2.25. The van der Waals surface area contributed by atoms with Gasteiger partial charge in [0.2, 0.25) is 0 Å². The van der Waals surface area contributed by atoms with E-state index in [0.29, 0.717) is 17.4 Å². The van der Waals surface area contributed by atoms with Crippen molar-refractivity contribution in [1.29, 1.82) is 0 Å². The van der Waals surface area contributed by atoms with Crippen LogP contribution in [0.5, 0.6) is 0 Å². The molecule has 0 radical (unpaired) electrons. The molecule has 2 aliphatic rings. The number of unbranched alkanes of at least 4 members (excludes halogenated alkanes) is 1. The molecular weight excluding hydrogens is 328 g/mol. The van der Waals surface area contributed by atoms with Crippen molar-refractivity contribution in [3.8, 4) is 0 Å². The van der Waals surface area contributed by atoms with Crippen molar-refractivity contribution < 1.29 is 9.59 Å². The molecule has 1 unspecified atom stereocenters. The van der Waals surface area contributed by atoms with E-state index in [2.05, 4.69) is 18.8 Å². The lowest BCUT2D eigenvalue weighted by Gasteiger charge is -2.30. The fraction of sp³-hybridized carbons (Fsp3) is 0.750. The van der Waals surface area contributed by atoms with Gasteiger partial charge in [-0.15, -0.1) is 0 Å². The normalized spacial score (nSPS) is 20.0. The van der Waals surface area contributed by atoms with Gasteiger partial charge in [0.15, 0.2) is 5.82 Å². The minimum atomic E-state index is -0.0623. The van der Waals surface area contributed by atoms with Crippen molar-refractivity contribution in [1.82, 2.24) is 19.4 Å². The number of aromatic nitrogens is 2. The summed E-state index contributed by atoms with van der Waals surface area (Å²) in [5.74, 6) is 0.934. The molecule has 144 valence electrons. The largest absolute Gasteiger partial charge is 0.339 e. The van der Waals surface area contributed by atoms with Crippen LogP contribution in [0, 0.1) is 5.92 Å². The number of rotatable bonds is 5. The quantitative estimate of drug-likeness (QED) is 0.811. The van der Waals surface area contributed by atoms with Gasteiger partial charge < -0.3 is 14.4 Å². The number of imidazole rings is 1. The second kappa shape index (κ2) is 8.23. The molecule has 0 saturated carbocycles. The molecule has 3 rings (SSSR count). The Labute approximate surface area is 156 Å². The lowest BCUT2D eigenvalue weighted by molar-refractivity contribution is 0.0676. The topological polar surface area (TPSA) is 58.4 Å². The Morgan fingerprint density at radius 2 is 2.04 bits per heavy atom. The van der Waals surface area contributed by atoms with E-state index < -0.39 is 0 Å². The number of nitrogens with zero attached hydrogens (tertiary/aromatic N) is 4. The molecule has 1 aromatic heterocycles. The summed E-state index contributed by atoms with van der Waals surface area (Å²) >= 11 is 0. The van der Waals surface area contributed by atoms with Crippen LogP contribution in [-0.4, -0.2) is 57.8 Å². The highest BCUT2D eigenvalue weighted by molar-refractivity contribution is 5.97. The average molecular weight is 361 g/mol. The summed E-state index contributed by atoms with van der Waals surface area (Å²) in [6.45, 7) is 7.42. The molecule has 2 amide bonds. The van der Waals surface area contributed by atoms with Crippen molar-refractivity contribution >= 4 is 11.8 Å². The number of fused-ring (bicyclic) bond motifs is 1. The SMILES string of the molecule is CCCCN(C)C(=O)c1nc(C(=O)N2CCCC(C)C2)c2n1CCCC2. The molecule has 1 fully saturated rings. The third-order valence-electron chi connectivity index (χ3n) is 5.65. The minimum absolute atomic E-state index is 0.0115. The second-order valence-electron chi connectivity index (χ2n) is 7.92. The van der Waals surface area contributed by atoms with Crippen molar-refractivity contribution in [2.24, 2.45) is 5.92 Å². The van der Waals surface area contributed by atoms with Crippen LogP contribution in [0.2, 0.25) is 0 Å². The lowest BCUT2D eigenvalue weighted by Crippen LogP contribution is -2.39. The molecule has 1 saturated heterocycles. The van der Waals surface area contributed by atoms with Gasteiger partial charge in [-0.1, -0.05) is 20.3 Å². The zero-order chi connectivity index (χ0) is 18.7. The first-order chi connectivity index (χ1) is 12.5. The van der Waals surface area contributed by atoms with Crippen LogP contribution in [0.15, 0.2) is 0 Å².